The highest BCUT2D eigenvalue weighted by atomic mass is 16.3. The van der Waals surface area contributed by atoms with Crippen LogP contribution >= 0.6 is 0 Å². The number of fused-ring (bicyclic) bond motifs is 10. The number of nitrogens with zero attached hydrogens (tertiary/aromatic N) is 2. The highest BCUT2D eigenvalue weighted by molar-refractivity contribution is 6.19. The van der Waals surface area contributed by atoms with E-state index in [9.17, 15) is 0 Å². The zero-order valence-electron chi connectivity index (χ0n) is 34.2. The van der Waals surface area contributed by atoms with Crippen molar-refractivity contribution in [2.75, 3.05) is 4.90 Å². The van der Waals surface area contributed by atoms with Crippen molar-refractivity contribution in [3.8, 4) is 27.9 Å². The van der Waals surface area contributed by atoms with Gasteiger partial charge in [-0.2, -0.15) is 0 Å². The highest BCUT2D eigenvalue weighted by Gasteiger charge is 2.23. The lowest BCUT2D eigenvalue weighted by Gasteiger charge is -2.30. The van der Waals surface area contributed by atoms with Gasteiger partial charge in [-0.05, 0) is 92.8 Å². The van der Waals surface area contributed by atoms with Gasteiger partial charge < -0.3 is 13.9 Å². The minimum absolute atomic E-state index is 0.889. The lowest BCUT2D eigenvalue weighted by molar-refractivity contribution is 0.669. The van der Waals surface area contributed by atoms with Crippen LogP contribution in [-0.2, 0) is 0 Å². The van der Waals surface area contributed by atoms with Gasteiger partial charge in [0.2, 0.25) is 0 Å². The average molecular weight is 803 g/mol. The zero-order chi connectivity index (χ0) is 41.4. The fourth-order valence-corrected chi connectivity index (χ4v) is 10.2. The Morgan fingerprint density at radius 3 is 1.60 bits per heavy atom. The summed E-state index contributed by atoms with van der Waals surface area (Å²) in [7, 11) is 0. The molecular weight excluding hydrogens is 765 g/mol. The number of hydrogen-bond donors (Lipinski definition) is 0. The van der Waals surface area contributed by atoms with Crippen molar-refractivity contribution in [1.29, 1.82) is 0 Å². The van der Waals surface area contributed by atoms with E-state index in [1.54, 1.807) is 0 Å². The van der Waals surface area contributed by atoms with Gasteiger partial charge in [-0.25, -0.2) is 0 Å². The Bertz CT molecular complexity index is 3860. The van der Waals surface area contributed by atoms with Crippen LogP contribution in [0.5, 0.6) is 0 Å². The lowest BCUT2D eigenvalue weighted by atomic mass is 9.92. The maximum absolute atomic E-state index is 6.45. The van der Waals surface area contributed by atoms with E-state index in [0.29, 0.717) is 0 Å². The Hall–Kier alpha value is -8.40. The van der Waals surface area contributed by atoms with Crippen LogP contribution in [0.2, 0.25) is 0 Å². The Kier molecular flexibility index (Phi) is 7.91. The van der Waals surface area contributed by atoms with Gasteiger partial charge in [0.25, 0.3) is 0 Å². The van der Waals surface area contributed by atoms with Gasteiger partial charge in [0.1, 0.15) is 11.2 Å². The molecular formula is C60H38N2O. The van der Waals surface area contributed by atoms with E-state index in [-0.39, 0.29) is 0 Å². The molecule has 0 N–H and O–H groups in total. The minimum atomic E-state index is 0.889. The summed E-state index contributed by atoms with van der Waals surface area (Å²) in [6.45, 7) is 0. The summed E-state index contributed by atoms with van der Waals surface area (Å²) in [5.74, 6) is 0. The third-order valence-corrected chi connectivity index (χ3v) is 13.0. The van der Waals surface area contributed by atoms with Crippen molar-refractivity contribution in [3.63, 3.8) is 0 Å². The molecule has 13 rings (SSSR count). The molecule has 0 saturated heterocycles. The van der Waals surface area contributed by atoms with Gasteiger partial charge in [-0.3, -0.25) is 0 Å². The Morgan fingerprint density at radius 2 is 0.857 bits per heavy atom. The first-order chi connectivity index (χ1) is 31.3. The van der Waals surface area contributed by atoms with Crippen LogP contribution < -0.4 is 4.90 Å². The normalized spacial score (nSPS) is 11.8. The molecule has 3 nitrogen and oxygen atoms in total. The van der Waals surface area contributed by atoms with Crippen LogP contribution in [0, 0.1) is 0 Å². The van der Waals surface area contributed by atoms with Gasteiger partial charge >= 0.3 is 0 Å². The molecule has 63 heavy (non-hydrogen) atoms. The third-order valence-electron chi connectivity index (χ3n) is 13.0. The third kappa shape index (κ3) is 5.53. The van der Waals surface area contributed by atoms with E-state index in [4.69, 9.17) is 4.42 Å². The molecule has 0 spiro atoms. The van der Waals surface area contributed by atoms with Crippen LogP contribution in [-0.4, -0.2) is 4.57 Å². The molecule has 2 heterocycles. The fraction of sp³-hybridized carbons (Fsp3) is 0. The first-order valence-electron chi connectivity index (χ1n) is 21.6. The number of benzene rings is 11. The van der Waals surface area contributed by atoms with Crippen LogP contribution in [0.4, 0.5) is 17.1 Å². The molecule has 0 atom stereocenters. The van der Waals surface area contributed by atoms with Gasteiger partial charge in [0.05, 0.1) is 28.1 Å². The summed E-state index contributed by atoms with van der Waals surface area (Å²) < 4.78 is 8.88. The van der Waals surface area contributed by atoms with Crippen molar-refractivity contribution in [2.24, 2.45) is 0 Å². The first kappa shape index (κ1) is 35.4. The van der Waals surface area contributed by atoms with Gasteiger partial charge in [0, 0.05) is 43.6 Å². The van der Waals surface area contributed by atoms with Crippen LogP contribution in [0.15, 0.2) is 235 Å². The number of para-hydroxylation sites is 2. The van der Waals surface area contributed by atoms with E-state index in [2.05, 4.69) is 240 Å². The molecule has 2 aromatic heterocycles. The van der Waals surface area contributed by atoms with Crippen LogP contribution in [0.1, 0.15) is 0 Å². The second-order valence-electron chi connectivity index (χ2n) is 16.4. The molecule has 0 aliphatic heterocycles. The molecule has 0 aliphatic carbocycles. The summed E-state index contributed by atoms with van der Waals surface area (Å²) in [6.07, 6.45) is 0. The highest BCUT2D eigenvalue weighted by Crippen LogP contribution is 2.48. The predicted octanol–water partition coefficient (Wildman–Crippen LogP) is 16.9. The molecule has 0 aliphatic rings. The SMILES string of the molecule is c1ccc(-c2ccccc2N(c2cccc3ccccc23)c2cccc3ccccc23)c(-c2ccc3c4ccccc4n(-c4ccc5oc6ccc7ccccc7c6c5c4)c3c2)c1. The predicted molar refractivity (Wildman–Crippen MR) is 266 cm³/mol. The summed E-state index contributed by atoms with van der Waals surface area (Å²) in [6, 6.07) is 83.7. The number of anilines is 3. The van der Waals surface area contributed by atoms with E-state index in [1.807, 2.05) is 0 Å². The maximum atomic E-state index is 6.45. The van der Waals surface area contributed by atoms with Crippen LogP contribution in [0.25, 0.3) is 104 Å². The topological polar surface area (TPSA) is 21.3 Å². The molecule has 294 valence electrons. The second kappa shape index (κ2) is 14.1. The Morgan fingerprint density at radius 1 is 0.317 bits per heavy atom. The van der Waals surface area contributed by atoms with Gasteiger partial charge in [0.15, 0.2) is 0 Å². The van der Waals surface area contributed by atoms with Crippen molar-refractivity contribution in [1.82, 2.24) is 4.57 Å². The number of aromatic nitrogens is 1. The fourth-order valence-electron chi connectivity index (χ4n) is 10.2. The molecule has 0 bridgehead atoms. The molecule has 0 unspecified atom stereocenters. The maximum Gasteiger partial charge on any atom is 0.136 e. The smallest absolute Gasteiger partial charge is 0.136 e. The largest absolute Gasteiger partial charge is 0.456 e. The van der Waals surface area contributed by atoms with E-state index < -0.39 is 0 Å². The van der Waals surface area contributed by atoms with Crippen molar-refractivity contribution >= 4 is 93.1 Å². The zero-order valence-corrected chi connectivity index (χ0v) is 34.2. The molecule has 13 aromatic rings. The summed E-state index contributed by atoms with van der Waals surface area (Å²) in [4.78, 5) is 2.47. The number of hydrogen-bond acceptors (Lipinski definition) is 2. The van der Waals surface area contributed by atoms with Gasteiger partial charge in [-0.1, -0.05) is 176 Å². The summed E-state index contributed by atoms with van der Waals surface area (Å²) in [5.41, 5.74) is 13.2. The molecule has 0 fully saturated rings. The Balaban J connectivity index is 1.03. The van der Waals surface area contributed by atoms with E-state index in [1.165, 1.54) is 59.7 Å². The summed E-state index contributed by atoms with van der Waals surface area (Å²) in [5, 5.41) is 11.9. The van der Waals surface area contributed by atoms with Crippen molar-refractivity contribution in [3.05, 3.63) is 231 Å². The summed E-state index contributed by atoms with van der Waals surface area (Å²) >= 11 is 0. The first-order valence-corrected chi connectivity index (χ1v) is 21.6. The number of rotatable bonds is 6. The quantitative estimate of drug-likeness (QED) is 0.167. The number of furan rings is 1. The molecule has 3 heteroatoms. The van der Waals surface area contributed by atoms with Gasteiger partial charge in [-0.15, -0.1) is 0 Å². The van der Waals surface area contributed by atoms with Crippen LogP contribution in [0.3, 0.4) is 0 Å². The van der Waals surface area contributed by atoms with E-state index >= 15 is 0 Å². The minimum Gasteiger partial charge on any atom is -0.456 e. The standard InChI is InChI=1S/C60H38N2O/c1-4-21-45-39(15-1)18-13-29-53(45)62(54-30-14-19-40-16-2-5-22-46(40)54)56-28-12-9-25-49(56)48-24-8-7-20-44(48)42-31-34-51-50-26-10-11-27-55(50)61(57(51)37-42)43-33-36-58-52(38-43)60-47-23-6-3-17-41(47)32-35-59(60)63-58/h1-38H. The molecule has 0 saturated carbocycles. The molecule has 11 aromatic carbocycles. The lowest BCUT2D eigenvalue weighted by Crippen LogP contribution is -2.12. The van der Waals surface area contributed by atoms with Crippen molar-refractivity contribution < 1.29 is 4.42 Å². The van der Waals surface area contributed by atoms with E-state index in [0.717, 1.165) is 61.3 Å². The Labute approximate surface area is 363 Å². The second-order valence-corrected chi connectivity index (χ2v) is 16.4. The molecule has 0 amide bonds. The average Bonchev–Trinajstić information content (AvgIpc) is 3.90. The van der Waals surface area contributed by atoms with Crippen molar-refractivity contribution in [2.45, 2.75) is 0 Å². The monoisotopic (exact) mass is 802 g/mol. The molecule has 0 radical (unpaired) electrons.